The van der Waals surface area contributed by atoms with Gasteiger partial charge in [0, 0.05) is 30.9 Å². The summed E-state index contributed by atoms with van der Waals surface area (Å²) in [5, 5.41) is 10.8. The van der Waals surface area contributed by atoms with Crippen molar-refractivity contribution in [2.75, 3.05) is 26.2 Å². The highest BCUT2D eigenvalue weighted by atomic mass is 15.2. The maximum absolute atomic E-state index is 4.63. The maximum Gasteiger partial charge on any atom is 0.201 e. The number of aromatic amines is 1. The van der Waals surface area contributed by atoms with Crippen LogP contribution in [0.1, 0.15) is 31.0 Å². The summed E-state index contributed by atoms with van der Waals surface area (Å²) < 4.78 is 0. The molecule has 0 spiro atoms. The van der Waals surface area contributed by atoms with Crippen LogP contribution in [0.4, 0.5) is 0 Å². The predicted molar refractivity (Wildman–Crippen MR) is 82.2 cm³/mol. The molecule has 0 amide bonds. The molecule has 7 heteroatoms. The van der Waals surface area contributed by atoms with Crippen LogP contribution in [0.25, 0.3) is 11.5 Å². The number of piperidine rings is 1. The number of nitrogens with one attached hydrogen (secondary N) is 2. The summed E-state index contributed by atoms with van der Waals surface area (Å²) >= 11 is 0. The molecule has 0 aromatic carbocycles. The van der Waals surface area contributed by atoms with Crippen LogP contribution in [0.15, 0.2) is 18.6 Å². The number of aromatic nitrogens is 5. The van der Waals surface area contributed by atoms with Crippen molar-refractivity contribution in [3.63, 3.8) is 0 Å². The second-order valence-electron chi connectivity index (χ2n) is 6.09. The van der Waals surface area contributed by atoms with Crippen LogP contribution in [0.5, 0.6) is 0 Å². The van der Waals surface area contributed by atoms with Gasteiger partial charge >= 0.3 is 0 Å². The Hall–Kier alpha value is -1.86. The molecule has 0 aliphatic carbocycles. The van der Waals surface area contributed by atoms with Crippen molar-refractivity contribution in [1.29, 1.82) is 0 Å². The van der Waals surface area contributed by atoms with Gasteiger partial charge in [0.2, 0.25) is 5.82 Å². The fraction of sp³-hybridized carbons (Fsp3) is 0.600. The van der Waals surface area contributed by atoms with Crippen LogP contribution < -0.4 is 5.32 Å². The molecule has 2 N–H and O–H groups in total. The molecule has 7 nitrogen and oxygen atoms in total. The van der Waals surface area contributed by atoms with E-state index in [-0.39, 0.29) is 0 Å². The van der Waals surface area contributed by atoms with Gasteiger partial charge in [-0.1, -0.05) is 0 Å². The molecule has 2 fully saturated rings. The number of nitrogens with zero attached hydrogens (tertiary/aromatic N) is 5. The minimum atomic E-state index is 0.475. The smallest absolute Gasteiger partial charge is 0.201 e. The zero-order valence-electron chi connectivity index (χ0n) is 12.6. The van der Waals surface area contributed by atoms with Crippen molar-refractivity contribution in [2.24, 2.45) is 0 Å². The molecule has 4 heterocycles. The number of likely N-dealkylation sites (tertiary alicyclic amines) is 1. The normalized spacial score (nSPS) is 23.9. The van der Waals surface area contributed by atoms with Gasteiger partial charge in [-0.25, -0.2) is 9.97 Å². The Balaban J connectivity index is 1.40. The third-order valence-corrected chi connectivity index (χ3v) is 4.76. The first-order valence-corrected chi connectivity index (χ1v) is 8.03. The van der Waals surface area contributed by atoms with Crippen LogP contribution in [-0.2, 0) is 0 Å². The van der Waals surface area contributed by atoms with Gasteiger partial charge in [-0.2, -0.15) is 5.10 Å². The lowest BCUT2D eigenvalue weighted by Gasteiger charge is -2.34. The lowest BCUT2D eigenvalue weighted by atomic mass is 9.95. The number of hydrogen-bond donors (Lipinski definition) is 2. The van der Waals surface area contributed by atoms with E-state index in [1.807, 2.05) is 0 Å². The number of hydrogen-bond acceptors (Lipinski definition) is 6. The molecule has 116 valence electrons. The molecule has 1 unspecified atom stereocenters. The van der Waals surface area contributed by atoms with Crippen molar-refractivity contribution in [1.82, 2.24) is 35.4 Å². The van der Waals surface area contributed by atoms with Gasteiger partial charge in [0.25, 0.3) is 0 Å². The largest absolute Gasteiger partial charge is 0.315 e. The Morgan fingerprint density at radius 3 is 2.77 bits per heavy atom. The Labute approximate surface area is 129 Å². The first kappa shape index (κ1) is 13.8. The standard InChI is InChI=1S/C15H21N7/c1-4-16-9-12(1)22-7-2-11(3-8-22)14-19-15(21-20-14)13-10-17-5-6-18-13/h5-6,10-12,16H,1-4,7-9H2,(H,19,20,21). The van der Waals surface area contributed by atoms with Gasteiger partial charge in [-0.05, 0) is 38.9 Å². The molecular weight excluding hydrogens is 278 g/mol. The topological polar surface area (TPSA) is 82.6 Å². The Morgan fingerprint density at radius 2 is 2.05 bits per heavy atom. The van der Waals surface area contributed by atoms with E-state index in [2.05, 4.69) is 35.4 Å². The SMILES string of the molecule is c1cnc(-c2n[nH]c(C3CCN(C4CCNC4)CC3)n2)cn1. The third kappa shape index (κ3) is 2.74. The van der Waals surface area contributed by atoms with E-state index in [1.165, 1.54) is 6.42 Å². The van der Waals surface area contributed by atoms with Crippen molar-refractivity contribution < 1.29 is 0 Å². The third-order valence-electron chi connectivity index (χ3n) is 4.76. The highest BCUT2D eigenvalue weighted by molar-refractivity contribution is 5.46. The van der Waals surface area contributed by atoms with Crippen molar-refractivity contribution in [3.8, 4) is 11.5 Å². The van der Waals surface area contributed by atoms with Gasteiger partial charge < -0.3 is 5.32 Å². The molecule has 0 saturated carbocycles. The molecule has 2 aromatic heterocycles. The zero-order chi connectivity index (χ0) is 14.8. The molecule has 22 heavy (non-hydrogen) atoms. The van der Waals surface area contributed by atoms with Crippen LogP contribution in [0.2, 0.25) is 0 Å². The lowest BCUT2D eigenvalue weighted by molar-refractivity contribution is 0.159. The first-order chi connectivity index (χ1) is 10.9. The van der Waals surface area contributed by atoms with Crippen molar-refractivity contribution in [2.45, 2.75) is 31.2 Å². The summed E-state index contributed by atoms with van der Waals surface area (Å²) in [6, 6.07) is 0.728. The summed E-state index contributed by atoms with van der Waals surface area (Å²) in [5.74, 6) is 2.11. The molecule has 2 aromatic rings. The fourth-order valence-corrected chi connectivity index (χ4v) is 3.48. The van der Waals surface area contributed by atoms with Crippen LogP contribution in [0, 0.1) is 0 Å². The Kier molecular flexibility index (Phi) is 3.82. The summed E-state index contributed by atoms with van der Waals surface area (Å²) in [7, 11) is 0. The second kappa shape index (κ2) is 6.10. The summed E-state index contributed by atoms with van der Waals surface area (Å²) in [4.78, 5) is 15.6. The van der Waals surface area contributed by atoms with Crippen molar-refractivity contribution >= 4 is 0 Å². The van der Waals surface area contributed by atoms with E-state index >= 15 is 0 Å². The minimum Gasteiger partial charge on any atom is -0.315 e. The van der Waals surface area contributed by atoms with Crippen molar-refractivity contribution in [3.05, 3.63) is 24.4 Å². The van der Waals surface area contributed by atoms with Crippen LogP contribution in [0.3, 0.4) is 0 Å². The summed E-state index contributed by atoms with van der Waals surface area (Å²) in [6.45, 7) is 4.61. The first-order valence-electron chi connectivity index (χ1n) is 8.03. The highest BCUT2D eigenvalue weighted by Crippen LogP contribution is 2.28. The van der Waals surface area contributed by atoms with E-state index in [9.17, 15) is 0 Å². The van der Waals surface area contributed by atoms with Crippen LogP contribution >= 0.6 is 0 Å². The van der Waals surface area contributed by atoms with E-state index < -0.39 is 0 Å². The molecule has 2 saturated heterocycles. The van der Waals surface area contributed by atoms with E-state index in [1.54, 1.807) is 18.6 Å². The number of H-pyrrole nitrogens is 1. The van der Waals surface area contributed by atoms with Gasteiger partial charge in [-0.15, -0.1) is 0 Å². The molecule has 2 aliphatic heterocycles. The highest BCUT2D eigenvalue weighted by Gasteiger charge is 2.29. The van der Waals surface area contributed by atoms with E-state index in [4.69, 9.17) is 0 Å². The maximum atomic E-state index is 4.63. The number of rotatable bonds is 3. The zero-order valence-corrected chi connectivity index (χ0v) is 12.6. The lowest BCUT2D eigenvalue weighted by Crippen LogP contribution is -2.42. The second-order valence-corrected chi connectivity index (χ2v) is 6.09. The Morgan fingerprint density at radius 1 is 1.14 bits per heavy atom. The van der Waals surface area contributed by atoms with Gasteiger partial charge in [-0.3, -0.25) is 15.0 Å². The fourth-order valence-electron chi connectivity index (χ4n) is 3.48. The molecule has 1 atom stereocenters. The predicted octanol–water partition coefficient (Wildman–Crippen LogP) is 0.803. The summed E-state index contributed by atoms with van der Waals surface area (Å²) in [6.07, 6.45) is 8.59. The molecular formula is C15H21N7. The van der Waals surface area contributed by atoms with Gasteiger partial charge in [0.1, 0.15) is 11.5 Å². The Bertz CT molecular complexity index is 597. The average Bonchev–Trinajstić information content (AvgIpc) is 3.28. The molecule has 0 radical (unpaired) electrons. The molecule has 4 rings (SSSR count). The monoisotopic (exact) mass is 299 g/mol. The quantitative estimate of drug-likeness (QED) is 0.872. The van der Waals surface area contributed by atoms with Crippen LogP contribution in [-0.4, -0.2) is 62.3 Å². The van der Waals surface area contributed by atoms with E-state index in [0.29, 0.717) is 11.7 Å². The van der Waals surface area contributed by atoms with Gasteiger partial charge in [0.15, 0.2) is 0 Å². The molecule has 2 aliphatic rings. The van der Waals surface area contributed by atoms with E-state index in [0.717, 1.165) is 56.6 Å². The molecule has 0 bridgehead atoms. The summed E-state index contributed by atoms with van der Waals surface area (Å²) in [5.41, 5.74) is 0.722. The minimum absolute atomic E-state index is 0.475. The van der Waals surface area contributed by atoms with Gasteiger partial charge in [0.05, 0.1) is 6.20 Å². The average molecular weight is 299 g/mol.